The van der Waals surface area contributed by atoms with E-state index in [1.165, 1.54) is 24.3 Å². The molecule has 33 heavy (non-hydrogen) atoms. The zero-order chi connectivity index (χ0) is 24.2. The van der Waals surface area contributed by atoms with Crippen molar-refractivity contribution in [2.24, 2.45) is 0 Å². The maximum absolute atomic E-state index is 13.2. The van der Waals surface area contributed by atoms with Gasteiger partial charge in [-0.3, -0.25) is 14.9 Å². The van der Waals surface area contributed by atoms with Crippen LogP contribution in [-0.4, -0.2) is 30.4 Å². The number of halogens is 3. The Kier molecular flexibility index (Phi) is 5.97. The number of amides is 4. The summed E-state index contributed by atoms with van der Waals surface area (Å²) in [5.74, 6) is -1.35. The summed E-state index contributed by atoms with van der Waals surface area (Å²) in [7, 11) is 2.02. The third kappa shape index (κ3) is 4.12. The molecule has 0 radical (unpaired) electrons. The molecule has 0 aliphatic carbocycles. The molecule has 9 heteroatoms. The van der Waals surface area contributed by atoms with E-state index in [-0.39, 0.29) is 27.7 Å². The van der Waals surface area contributed by atoms with Gasteiger partial charge in [0.2, 0.25) is 0 Å². The molecule has 2 aliphatic heterocycles. The molecule has 0 spiro atoms. The fourth-order valence-electron chi connectivity index (χ4n) is 4.41. The van der Waals surface area contributed by atoms with Crippen molar-refractivity contribution in [2.75, 3.05) is 16.8 Å². The number of nitrogens with zero attached hydrogens (tertiary/aromatic N) is 2. The van der Waals surface area contributed by atoms with Gasteiger partial charge in [0.1, 0.15) is 5.57 Å². The molecule has 0 aromatic heterocycles. The standard InChI is InChI=1S/C24H22Cl3N3O3/c1-12-11-24(2,3)29(4)20-10-17(26)13(7-15(12)20)8-16-21(31)28-23(33)30(22(16)32)19-6-5-14(25)9-18(19)27/h5-10,12H,11H2,1-4H3,(H,28,31,33)/b16-8+/t12-/m0/s1. The predicted molar refractivity (Wildman–Crippen MR) is 132 cm³/mol. The molecule has 2 aromatic carbocycles. The summed E-state index contributed by atoms with van der Waals surface area (Å²) >= 11 is 18.7. The molecular weight excluding hydrogens is 485 g/mol. The Labute approximate surface area is 207 Å². The SMILES string of the molecule is C[C@H]1CC(C)(C)N(C)c2cc(Cl)c(/C=C3\C(=O)NC(=O)N(c4ccc(Cl)cc4Cl)C3=O)cc21. The van der Waals surface area contributed by atoms with Crippen LogP contribution < -0.4 is 15.1 Å². The first-order chi connectivity index (χ1) is 15.4. The lowest BCUT2D eigenvalue weighted by Crippen LogP contribution is -2.54. The van der Waals surface area contributed by atoms with Crippen molar-refractivity contribution >= 4 is 70.1 Å². The molecule has 1 saturated heterocycles. The highest BCUT2D eigenvalue weighted by Gasteiger charge is 2.38. The first-order valence-electron chi connectivity index (χ1n) is 10.3. The molecule has 1 N–H and O–H groups in total. The van der Waals surface area contributed by atoms with Crippen molar-refractivity contribution in [1.82, 2.24) is 5.32 Å². The van der Waals surface area contributed by atoms with Crippen LogP contribution in [0.2, 0.25) is 15.1 Å². The van der Waals surface area contributed by atoms with Crippen molar-refractivity contribution in [3.8, 4) is 0 Å². The number of carbonyl (C=O) groups excluding carboxylic acids is 3. The van der Waals surface area contributed by atoms with Crippen LogP contribution in [0.4, 0.5) is 16.2 Å². The van der Waals surface area contributed by atoms with Gasteiger partial charge in [0.25, 0.3) is 11.8 Å². The third-order valence-electron chi connectivity index (χ3n) is 6.30. The molecule has 0 unspecified atom stereocenters. The highest BCUT2D eigenvalue weighted by atomic mass is 35.5. The van der Waals surface area contributed by atoms with Crippen molar-refractivity contribution in [1.29, 1.82) is 0 Å². The molecule has 2 heterocycles. The summed E-state index contributed by atoms with van der Waals surface area (Å²) in [5.41, 5.74) is 2.47. The first kappa shape index (κ1) is 23.6. The summed E-state index contributed by atoms with van der Waals surface area (Å²) in [6, 6.07) is 7.23. The van der Waals surface area contributed by atoms with Gasteiger partial charge in [-0.25, -0.2) is 9.69 Å². The molecule has 1 atom stereocenters. The van der Waals surface area contributed by atoms with E-state index >= 15 is 0 Å². The number of urea groups is 1. The molecule has 4 rings (SSSR count). The molecule has 172 valence electrons. The molecule has 2 aromatic rings. The van der Waals surface area contributed by atoms with Gasteiger partial charge in [-0.2, -0.15) is 0 Å². The lowest BCUT2D eigenvalue weighted by molar-refractivity contribution is -0.122. The van der Waals surface area contributed by atoms with Gasteiger partial charge >= 0.3 is 6.03 Å². The summed E-state index contributed by atoms with van der Waals surface area (Å²) in [4.78, 5) is 41.3. The van der Waals surface area contributed by atoms with Crippen molar-refractivity contribution in [3.63, 3.8) is 0 Å². The van der Waals surface area contributed by atoms with Crippen LogP contribution in [-0.2, 0) is 9.59 Å². The topological polar surface area (TPSA) is 69.7 Å². The highest BCUT2D eigenvalue weighted by Crippen LogP contribution is 2.44. The molecule has 0 bridgehead atoms. The Morgan fingerprint density at radius 1 is 1.03 bits per heavy atom. The van der Waals surface area contributed by atoms with E-state index in [9.17, 15) is 14.4 Å². The van der Waals surface area contributed by atoms with E-state index in [0.29, 0.717) is 15.6 Å². The zero-order valence-corrected chi connectivity index (χ0v) is 20.8. The first-order valence-corrected chi connectivity index (χ1v) is 11.5. The van der Waals surface area contributed by atoms with E-state index in [2.05, 4.69) is 31.0 Å². The van der Waals surface area contributed by atoms with Crippen LogP contribution in [0.15, 0.2) is 35.9 Å². The van der Waals surface area contributed by atoms with E-state index in [4.69, 9.17) is 34.8 Å². The van der Waals surface area contributed by atoms with Crippen molar-refractivity contribution in [2.45, 2.75) is 38.6 Å². The average Bonchev–Trinajstić information content (AvgIpc) is 2.71. The second kappa shape index (κ2) is 8.35. The van der Waals surface area contributed by atoms with Crippen LogP contribution in [0.3, 0.4) is 0 Å². The molecule has 0 saturated carbocycles. The minimum atomic E-state index is -0.889. The summed E-state index contributed by atoms with van der Waals surface area (Å²) in [6.45, 7) is 6.49. The normalized spacial score (nSPS) is 21.4. The Morgan fingerprint density at radius 2 is 1.73 bits per heavy atom. The Morgan fingerprint density at radius 3 is 2.39 bits per heavy atom. The number of benzene rings is 2. The quantitative estimate of drug-likeness (QED) is 0.398. The number of fused-ring (bicyclic) bond motifs is 1. The maximum atomic E-state index is 13.2. The largest absolute Gasteiger partial charge is 0.369 e. The minimum absolute atomic E-state index is 0.0341. The van der Waals surface area contributed by atoms with Gasteiger partial charge < -0.3 is 4.90 Å². The molecule has 4 amide bonds. The monoisotopic (exact) mass is 505 g/mol. The Balaban J connectivity index is 1.78. The minimum Gasteiger partial charge on any atom is -0.369 e. The zero-order valence-electron chi connectivity index (χ0n) is 18.5. The number of carbonyl (C=O) groups is 3. The smallest absolute Gasteiger partial charge is 0.335 e. The van der Waals surface area contributed by atoms with E-state index in [1.807, 2.05) is 19.2 Å². The number of rotatable bonds is 2. The van der Waals surface area contributed by atoms with Gasteiger partial charge in [-0.1, -0.05) is 41.7 Å². The maximum Gasteiger partial charge on any atom is 0.335 e. The van der Waals surface area contributed by atoms with E-state index < -0.39 is 17.8 Å². The number of imide groups is 2. The summed E-state index contributed by atoms with van der Waals surface area (Å²) in [6.07, 6.45) is 2.35. The fraction of sp³-hybridized carbons (Fsp3) is 0.292. The average molecular weight is 507 g/mol. The molecular formula is C24H22Cl3N3O3. The third-order valence-corrected chi connectivity index (χ3v) is 7.17. The number of hydrogen-bond donors (Lipinski definition) is 1. The van der Waals surface area contributed by atoms with Crippen molar-refractivity contribution < 1.29 is 14.4 Å². The van der Waals surface area contributed by atoms with Gasteiger partial charge in [0, 0.05) is 28.3 Å². The lowest BCUT2D eigenvalue weighted by atomic mass is 9.80. The second-order valence-corrected chi connectivity index (χ2v) is 10.2. The van der Waals surface area contributed by atoms with Gasteiger partial charge in [0.05, 0.1) is 10.7 Å². The molecule has 6 nitrogen and oxygen atoms in total. The van der Waals surface area contributed by atoms with Gasteiger partial charge in [0.15, 0.2) is 0 Å². The lowest BCUT2D eigenvalue weighted by Gasteiger charge is -2.45. The second-order valence-electron chi connectivity index (χ2n) is 8.96. The van der Waals surface area contributed by atoms with E-state index in [0.717, 1.165) is 22.6 Å². The van der Waals surface area contributed by atoms with Crippen LogP contribution in [0, 0.1) is 0 Å². The molecule has 1 fully saturated rings. The van der Waals surface area contributed by atoms with Crippen molar-refractivity contribution in [3.05, 3.63) is 62.1 Å². The number of anilines is 2. The summed E-state index contributed by atoms with van der Waals surface area (Å²) < 4.78 is 0. The van der Waals surface area contributed by atoms with Gasteiger partial charge in [-0.05, 0) is 73.7 Å². The van der Waals surface area contributed by atoms with E-state index in [1.54, 1.807) is 0 Å². The van der Waals surface area contributed by atoms with Crippen LogP contribution >= 0.6 is 34.8 Å². The Hall–Kier alpha value is -2.54. The predicted octanol–water partition coefficient (Wildman–Crippen LogP) is 6.04. The number of barbiturate groups is 1. The fourth-order valence-corrected chi connectivity index (χ4v) is 5.12. The van der Waals surface area contributed by atoms with Crippen LogP contribution in [0.25, 0.3) is 6.08 Å². The highest BCUT2D eigenvalue weighted by molar-refractivity contribution is 6.43. The molecule has 2 aliphatic rings. The number of hydrogen-bond acceptors (Lipinski definition) is 4. The Bertz CT molecular complexity index is 1240. The van der Waals surface area contributed by atoms with Crippen LogP contribution in [0.5, 0.6) is 0 Å². The number of nitrogens with one attached hydrogen (secondary N) is 1. The summed E-state index contributed by atoms with van der Waals surface area (Å²) in [5, 5.41) is 3.04. The van der Waals surface area contributed by atoms with Crippen LogP contribution in [0.1, 0.15) is 44.2 Å². The van der Waals surface area contributed by atoms with Gasteiger partial charge in [-0.15, -0.1) is 0 Å².